The molecule has 0 amide bonds. The molecule has 3 heteroatoms. The van der Waals surface area contributed by atoms with Gasteiger partial charge in [-0.2, -0.15) is 0 Å². The Kier molecular flexibility index (Phi) is 5.07. The number of nitrogens with one attached hydrogen (secondary N) is 1. The van der Waals surface area contributed by atoms with Crippen molar-refractivity contribution >= 4 is 0 Å². The Morgan fingerprint density at radius 1 is 1.19 bits per heavy atom. The van der Waals surface area contributed by atoms with Crippen LogP contribution < -0.4 is 5.32 Å². The molecule has 1 saturated heterocycles. The van der Waals surface area contributed by atoms with E-state index in [2.05, 4.69) is 5.32 Å². The highest BCUT2D eigenvalue weighted by Crippen LogP contribution is 2.26. The zero-order valence-corrected chi connectivity index (χ0v) is 10.2. The second-order valence-electron chi connectivity index (χ2n) is 5.35. The van der Waals surface area contributed by atoms with Crippen molar-refractivity contribution in [1.82, 2.24) is 5.32 Å². The van der Waals surface area contributed by atoms with Crippen LogP contribution in [-0.2, 0) is 4.74 Å². The predicted octanol–water partition coefficient (Wildman–Crippen LogP) is 1.55. The first-order valence-corrected chi connectivity index (χ1v) is 6.83. The molecule has 1 aliphatic carbocycles. The van der Waals surface area contributed by atoms with Gasteiger partial charge in [-0.15, -0.1) is 0 Å². The molecular weight excluding hydrogens is 202 g/mol. The van der Waals surface area contributed by atoms with Gasteiger partial charge in [0.2, 0.25) is 0 Å². The molecule has 2 aliphatic rings. The molecule has 0 bridgehead atoms. The first-order chi connectivity index (χ1) is 7.86. The molecule has 0 aromatic carbocycles. The van der Waals surface area contributed by atoms with Gasteiger partial charge in [0.1, 0.15) is 0 Å². The molecule has 2 fully saturated rings. The Bertz CT molecular complexity index is 186. The lowest BCUT2D eigenvalue weighted by atomic mass is 9.85. The highest BCUT2D eigenvalue weighted by Gasteiger charge is 2.22. The lowest BCUT2D eigenvalue weighted by molar-refractivity contribution is 0.0829. The molecule has 16 heavy (non-hydrogen) atoms. The van der Waals surface area contributed by atoms with E-state index in [1.54, 1.807) is 0 Å². The molecule has 1 saturated carbocycles. The van der Waals surface area contributed by atoms with Crippen LogP contribution in [0.5, 0.6) is 0 Å². The van der Waals surface area contributed by atoms with Gasteiger partial charge < -0.3 is 15.2 Å². The Morgan fingerprint density at radius 3 is 2.69 bits per heavy atom. The molecule has 1 heterocycles. The number of rotatable bonds is 5. The Morgan fingerprint density at radius 2 is 2.00 bits per heavy atom. The van der Waals surface area contributed by atoms with Gasteiger partial charge in [-0.05, 0) is 31.1 Å². The number of aliphatic hydroxyl groups is 1. The Labute approximate surface area is 98.6 Å². The van der Waals surface area contributed by atoms with Gasteiger partial charge in [0.25, 0.3) is 0 Å². The normalized spacial score (nSPS) is 29.4. The average Bonchev–Trinajstić information content (AvgIpc) is 2.83. The van der Waals surface area contributed by atoms with Gasteiger partial charge in [0.05, 0.1) is 12.7 Å². The minimum Gasteiger partial charge on any atom is -0.392 e. The van der Waals surface area contributed by atoms with Crippen molar-refractivity contribution in [3.8, 4) is 0 Å². The summed E-state index contributed by atoms with van der Waals surface area (Å²) in [5.74, 6) is 1.21. The first-order valence-electron chi connectivity index (χ1n) is 6.83. The minimum absolute atomic E-state index is 0.136. The lowest BCUT2D eigenvalue weighted by Gasteiger charge is -2.27. The maximum atomic E-state index is 10.1. The van der Waals surface area contributed by atoms with E-state index in [4.69, 9.17) is 4.74 Å². The van der Waals surface area contributed by atoms with Gasteiger partial charge in [-0.3, -0.25) is 0 Å². The van der Waals surface area contributed by atoms with E-state index in [1.165, 1.54) is 38.5 Å². The number of hydrogen-bond donors (Lipinski definition) is 2. The molecule has 94 valence electrons. The van der Waals surface area contributed by atoms with E-state index in [1.807, 2.05) is 0 Å². The molecule has 2 unspecified atom stereocenters. The van der Waals surface area contributed by atoms with Crippen LogP contribution in [0.2, 0.25) is 0 Å². The van der Waals surface area contributed by atoms with E-state index in [-0.39, 0.29) is 6.10 Å². The smallest absolute Gasteiger partial charge is 0.0692 e. The van der Waals surface area contributed by atoms with Crippen molar-refractivity contribution in [3.05, 3.63) is 0 Å². The zero-order chi connectivity index (χ0) is 11.2. The number of hydrogen-bond acceptors (Lipinski definition) is 3. The van der Waals surface area contributed by atoms with Crippen molar-refractivity contribution in [2.75, 3.05) is 26.3 Å². The molecule has 0 aromatic rings. The van der Waals surface area contributed by atoms with Crippen molar-refractivity contribution < 1.29 is 9.84 Å². The minimum atomic E-state index is -0.136. The second kappa shape index (κ2) is 6.58. The molecule has 1 aliphatic heterocycles. The van der Waals surface area contributed by atoms with E-state index in [9.17, 15) is 5.11 Å². The number of ether oxygens (including phenoxy) is 1. The summed E-state index contributed by atoms with van der Waals surface area (Å²) in [7, 11) is 0. The quantitative estimate of drug-likeness (QED) is 0.749. The largest absolute Gasteiger partial charge is 0.392 e. The summed E-state index contributed by atoms with van der Waals surface area (Å²) in [5.41, 5.74) is 0. The van der Waals surface area contributed by atoms with Crippen LogP contribution >= 0.6 is 0 Å². The van der Waals surface area contributed by atoms with Crippen LogP contribution in [0.1, 0.15) is 38.5 Å². The van der Waals surface area contributed by atoms with E-state index < -0.39 is 0 Å². The fourth-order valence-corrected chi connectivity index (χ4v) is 2.87. The van der Waals surface area contributed by atoms with Crippen LogP contribution in [0, 0.1) is 11.8 Å². The second-order valence-corrected chi connectivity index (χ2v) is 5.35. The van der Waals surface area contributed by atoms with Gasteiger partial charge in [0, 0.05) is 19.7 Å². The monoisotopic (exact) mass is 227 g/mol. The van der Waals surface area contributed by atoms with Crippen molar-refractivity contribution in [2.24, 2.45) is 11.8 Å². The zero-order valence-electron chi connectivity index (χ0n) is 10.2. The molecule has 2 N–H and O–H groups in total. The summed E-state index contributed by atoms with van der Waals surface area (Å²) in [6, 6.07) is 0. The third-order valence-electron chi connectivity index (χ3n) is 4.00. The standard InChI is InChI=1S/C13H25NO2/c15-13(12-4-2-1-3-5-12)9-14-8-11-6-7-16-10-11/h11-15H,1-10H2. The lowest BCUT2D eigenvalue weighted by Crippen LogP contribution is -2.36. The van der Waals surface area contributed by atoms with Crippen molar-refractivity contribution in [2.45, 2.75) is 44.6 Å². The van der Waals surface area contributed by atoms with Gasteiger partial charge in [-0.1, -0.05) is 19.3 Å². The summed E-state index contributed by atoms with van der Waals surface area (Å²) in [6.45, 7) is 3.58. The predicted molar refractivity (Wildman–Crippen MR) is 64.4 cm³/mol. The third kappa shape index (κ3) is 3.72. The summed E-state index contributed by atoms with van der Waals surface area (Å²) >= 11 is 0. The van der Waals surface area contributed by atoms with E-state index in [0.717, 1.165) is 26.3 Å². The third-order valence-corrected chi connectivity index (χ3v) is 4.00. The molecule has 2 atom stereocenters. The SMILES string of the molecule is OC(CNCC1CCOC1)C1CCCCC1. The van der Waals surface area contributed by atoms with Gasteiger partial charge in [-0.25, -0.2) is 0 Å². The first kappa shape index (κ1) is 12.3. The topological polar surface area (TPSA) is 41.5 Å². The van der Waals surface area contributed by atoms with Crippen LogP contribution in [-0.4, -0.2) is 37.5 Å². The fraction of sp³-hybridized carbons (Fsp3) is 1.00. The van der Waals surface area contributed by atoms with Gasteiger partial charge >= 0.3 is 0 Å². The molecule has 0 spiro atoms. The molecule has 0 aromatic heterocycles. The fourth-order valence-electron chi connectivity index (χ4n) is 2.87. The maximum Gasteiger partial charge on any atom is 0.0692 e. The van der Waals surface area contributed by atoms with Crippen LogP contribution in [0.25, 0.3) is 0 Å². The van der Waals surface area contributed by atoms with Gasteiger partial charge in [0.15, 0.2) is 0 Å². The van der Waals surface area contributed by atoms with Crippen molar-refractivity contribution in [3.63, 3.8) is 0 Å². The average molecular weight is 227 g/mol. The van der Waals surface area contributed by atoms with Crippen LogP contribution in [0.3, 0.4) is 0 Å². The molecule has 2 rings (SSSR count). The van der Waals surface area contributed by atoms with Crippen LogP contribution in [0.4, 0.5) is 0 Å². The molecular formula is C13H25NO2. The maximum absolute atomic E-state index is 10.1. The molecule has 0 radical (unpaired) electrons. The summed E-state index contributed by atoms with van der Waals surface area (Å²) in [4.78, 5) is 0. The number of aliphatic hydroxyl groups excluding tert-OH is 1. The van der Waals surface area contributed by atoms with E-state index in [0.29, 0.717) is 11.8 Å². The Balaban J connectivity index is 1.57. The van der Waals surface area contributed by atoms with Crippen LogP contribution in [0.15, 0.2) is 0 Å². The highest BCUT2D eigenvalue weighted by atomic mass is 16.5. The Hall–Kier alpha value is -0.120. The summed E-state index contributed by atoms with van der Waals surface area (Å²) in [6.07, 6.45) is 7.44. The summed E-state index contributed by atoms with van der Waals surface area (Å²) in [5, 5.41) is 13.4. The van der Waals surface area contributed by atoms with Crippen molar-refractivity contribution in [1.29, 1.82) is 0 Å². The highest BCUT2D eigenvalue weighted by molar-refractivity contribution is 4.76. The molecule has 3 nitrogen and oxygen atoms in total. The van der Waals surface area contributed by atoms with E-state index >= 15 is 0 Å². The summed E-state index contributed by atoms with van der Waals surface area (Å²) < 4.78 is 5.33.